The first kappa shape index (κ1) is 15.4. The van der Waals surface area contributed by atoms with Crippen LogP contribution in [0.2, 0.25) is 0 Å². The summed E-state index contributed by atoms with van der Waals surface area (Å²) in [5, 5.41) is 3.84. The predicted molar refractivity (Wildman–Crippen MR) is 68.4 cm³/mol. The minimum Gasteiger partial charge on any atom is -0.377 e. The van der Waals surface area contributed by atoms with E-state index in [1.807, 2.05) is 6.07 Å². The monoisotopic (exact) mass is 300 g/mol. The number of aryl methyl sites for hydroxylation is 2. The molecule has 5 nitrogen and oxygen atoms in total. The van der Waals surface area contributed by atoms with Crippen LogP contribution in [0.4, 0.5) is 13.2 Å². The number of halogens is 3. The fourth-order valence-electron chi connectivity index (χ4n) is 1.90. The van der Waals surface area contributed by atoms with Crippen molar-refractivity contribution in [2.24, 2.45) is 0 Å². The van der Waals surface area contributed by atoms with Crippen LogP contribution in [0, 0.1) is 0 Å². The highest BCUT2D eigenvalue weighted by Crippen LogP contribution is 2.18. The number of hydrogen-bond acceptors (Lipinski definition) is 4. The van der Waals surface area contributed by atoms with E-state index in [9.17, 15) is 13.2 Å². The first-order valence-electron chi connectivity index (χ1n) is 6.35. The fourth-order valence-corrected chi connectivity index (χ4v) is 1.90. The van der Waals surface area contributed by atoms with Crippen LogP contribution in [0.3, 0.4) is 0 Å². The maximum absolute atomic E-state index is 12.5. The summed E-state index contributed by atoms with van der Waals surface area (Å²) in [6, 6.07) is 3.65. The quantitative estimate of drug-likeness (QED) is 0.820. The van der Waals surface area contributed by atoms with Crippen LogP contribution < -0.4 is 0 Å². The summed E-state index contributed by atoms with van der Waals surface area (Å²) < 4.78 is 43.4. The number of nitrogens with zero attached hydrogens (tertiary/aromatic N) is 4. The molecular weight excluding hydrogens is 285 g/mol. The van der Waals surface area contributed by atoms with Crippen molar-refractivity contribution in [3.05, 3.63) is 41.7 Å². The van der Waals surface area contributed by atoms with Crippen molar-refractivity contribution >= 4 is 0 Å². The van der Waals surface area contributed by atoms with E-state index < -0.39 is 12.7 Å². The minimum atomic E-state index is -4.33. The summed E-state index contributed by atoms with van der Waals surface area (Å²) in [6.07, 6.45) is -0.0940. The molecule has 0 aromatic carbocycles. The minimum absolute atomic E-state index is 0.0880. The maximum atomic E-state index is 12.5. The van der Waals surface area contributed by atoms with Gasteiger partial charge in [0, 0.05) is 25.9 Å². The molecule has 0 saturated heterocycles. The number of hydrogen-bond donors (Lipinski definition) is 0. The number of ether oxygens (including phenoxy) is 1. The first-order valence-corrected chi connectivity index (χ1v) is 6.35. The van der Waals surface area contributed by atoms with E-state index in [1.54, 1.807) is 18.5 Å². The number of rotatable bonds is 6. The standard InChI is InChI=1S/C13H15F3N4O/c1-21-8-11-18-12(20(19-11)9-13(14,15)16)5-4-10-3-2-6-17-7-10/h2-3,6-7H,4-5,8-9H2,1H3. The van der Waals surface area contributed by atoms with Crippen LogP contribution in [0.1, 0.15) is 17.2 Å². The van der Waals surface area contributed by atoms with E-state index in [1.165, 1.54) is 7.11 Å². The Labute approximate surface area is 119 Å². The second-order valence-electron chi connectivity index (χ2n) is 4.51. The van der Waals surface area contributed by atoms with Crippen LogP contribution in [0.5, 0.6) is 0 Å². The van der Waals surface area contributed by atoms with Gasteiger partial charge in [0.1, 0.15) is 19.0 Å². The summed E-state index contributed by atoms with van der Waals surface area (Å²) in [5.74, 6) is 0.547. The van der Waals surface area contributed by atoms with Crippen molar-refractivity contribution in [3.8, 4) is 0 Å². The van der Waals surface area contributed by atoms with Gasteiger partial charge in [0.05, 0.1) is 0 Å². The van der Waals surface area contributed by atoms with Gasteiger partial charge < -0.3 is 4.74 Å². The molecule has 2 aromatic heterocycles. The van der Waals surface area contributed by atoms with Crippen molar-refractivity contribution < 1.29 is 17.9 Å². The summed E-state index contributed by atoms with van der Waals surface area (Å²) in [6.45, 7) is -1.06. The van der Waals surface area contributed by atoms with Crippen LogP contribution in [0.15, 0.2) is 24.5 Å². The van der Waals surface area contributed by atoms with Crippen molar-refractivity contribution in [2.45, 2.75) is 32.2 Å². The molecule has 0 saturated carbocycles. The molecular formula is C13H15F3N4O. The molecule has 0 aliphatic carbocycles. The molecule has 2 rings (SSSR count). The molecule has 0 radical (unpaired) electrons. The van der Waals surface area contributed by atoms with Gasteiger partial charge in [0.2, 0.25) is 0 Å². The summed E-state index contributed by atoms with van der Waals surface area (Å²) in [5.41, 5.74) is 0.937. The Morgan fingerprint density at radius 1 is 1.29 bits per heavy atom. The number of methoxy groups -OCH3 is 1. The lowest BCUT2D eigenvalue weighted by Gasteiger charge is -2.08. The zero-order valence-electron chi connectivity index (χ0n) is 11.5. The average Bonchev–Trinajstić information content (AvgIpc) is 2.78. The predicted octanol–water partition coefficient (Wildman–Crippen LogP) is 2.17. The van der Waals surface area contributed by atoms with E-state index in [-0.39, 0.29) is 12.4 Å². The van der Waals surface area contributed by atoms with E-state index in [4.69, 9.17) is 4.74 Å². The van der Waals surface area contributed by atoms with Gasteiger partial charge >= 0.3 is 6.18 Å². The zero-order valence-corrected chi connectivity index (χ0v) is 11.5. The van der Waals surface area contributed by atoms with Crippen molar-refractivity contribution in [1.29, 1.82) is 0 Å². The largest absolute Gasteiger partial charge is 0.408 e. The van der Waals surface area contributed by atoms with Crippen LogP contribution in [-0.4, -0.2) is 33.0 Å². The molecule has 0 atom stereocenters. The van der Waals surface area contributed by atoms with E-state index in [2.05, 4.69) is 15.1 Å². The second-order valence-corrected chi connectivity index (χ2v) is 4.51. The smallest absolute Gasteiger partial charge is 0.377 e. The molecule has 0 amide bonds. The molecule has 0 fully saturated rings. The summed E-state index contributed by atoms with van der Waals surface area (Å²) >= 11 is 0. The molecule has 8 heteroatoms. The Bertz CT molecular complexity index is 569. The lowest BCUT2D eigenvalue weighted by atomic mass is 10.1. The van der Waals surface area contributed by atoms with Crippen molar-refractivity contribution in [3.63, 3.8) is 0 Å². The highest BCUT2D eigenvalue weighted by atomic mass is 19.4. The normalized spacial score (nSPS) is 11.8. The van der Waals surface area contributed by atoms with E-state index in [0.29, 0.717) is 18.7 Å². The third-order valence-corrected chi connectivity index (χ3v) is 2.75. The Hall–Kier alpha value is -1.96. The third kappa shape index (κ3) is 4.82. The topological polar surface area (TPSA) is 52.8 Å². The molecule has 0 unspecified atom stereocenters. The number of aromatic nitrogens is 4. The lowest BCUT2D eigenvalue weighted by Crippen LogP contribution is -2.21. The van der Waals surface area contributed by atoms with E-state index in [0.717, 1.165) is 10.2 Å². The molecule has 0 aliphatic heterocycles. The highest BCUT2D eigenvalue weighted by molar-refractivity contribution is 5.10. The van der Waals surface area contributed by atoms with Crippen molar-refractivity contribution in [2.75, 3.05) is 7.11 Å². The summed E-state index contributed by atoms with van der Waals surface area (Å²) in [4.78, 5) is 8.08. The summed E-state index contributed by atoms with van der Waals surface area (Å²) in [7, 11) is 1.44. The van der Waals surface area contributed by atoms with Crippen molar-refractivity contribution in [1.82, 2.24) is 19.7 Å². The average molecular weight is 300 g/mol. The Morgan fingerprint density at radius 3 is 2.71 bits per heavy atom. The first-order chi connectivity index (χ1) is 9.98. The van der Waals surface area contributed by atoms with Gasteiger partial charge in [-0.2, -0.15) is 18.3 Å². The molecule has 21 heavy (non-hydrogen) atoms. The van der Waals surface area contributed by atoms with Gasteiger partial charge in [-0.15, -0.1) is 0 Å². The van der Waals surface area contributed by atoms with Gasteiger partial charge in [-0.25, -0.2) is 9.67 Å². The van der Waals surface area contributed by atoms with Gasteiger partial charge in [0.25, 0.3) is 0 Å². The van der Waals surface area contributed by atoms with E-state index >= 15 is 0 Å². The second kappa shape index (κ2) is 6.66. The van der Waals surface area contributed by atoms with Gasteiger partial charge in [0.15, 0.2) is 5.82 Å². The Balaban J connectivity index is 2.12. The number of pyridine rings is 1. The van der Waals surface area contributed by atoms with Crippen LogP contribution in [-0.2, 0) is 30.7 Å². The Kier molecular flexibility index (Phi) is 4.89. The van der Waals surface area contributed by atoms with Crippen LogP contribution in [0.25, 0.3) is 0 Å². The SMILES string of the molecule is COCc1nc(CCc2cccnc2)n(CC(F)(F)F)n1. The number of alkyl halides is 3. The Morgan fingerprint density at radius 2 is 2.10 bits per heavy atom. The van der Waals surface area contributed by atoms with Gasteiger partial charge in [-0.1, -0.05) is 6.07 Å². The molecule has 0 bridgehead atoms. The molecule has 2 aromatic rings. The molecule has 114 valence electrons. The van der Waals surface area contributed by atoms with Gasteiger partial charge in [-0.05, 0) is 18.1 Å². The molecule has 0 N–H and O–H groups in total. The van der Waals surface area contributed by atoms with Crippen LogP contribution >= 0.6 is 0 Å². The molecule has 2 heterocycles. The highest BCUT2D eigenvalue weighted by Gasteiger charge is 2.30. The molecule has 0 aliphatic rings. The molecule has 0 spiro atoms. The lowest BCUT2D eigenvalue weighted by molar-refractivity contribution is -0.143. The third-order valence-electron chi connectivity index (χ3n) is 2.75. The van der Waals surface area contributed by atoms with Gasteiger partial charge in [-0.3, -0.25) is 4.98 Å². The maximum Gasteiger partial charge on any atom is 0.408 e. The fraction of sp³-hybridized carbons (Fsp3) is 0.462. The zero-order chi connectivity index (χ0) is 15.3.